The summed E-state index contributed by atoms with van der Waals surface area (Å²) < 4.78 is 1.57. The normalized spacial score (nSPS) is 23.2. The molecule has 0 aliphatic heterocycles. The predicted octanol–water partition coefficient (Wildman–Crippen LogP) is 1.26. The van der Waals surface area contributed by atoms with Crippen LogP contribution in [0.4, 0.5) is 5.69 Å². The number of anilines is 1. The summed E-state index contributed by atoms with van der Waals surface area (Å²) in [6.45, 7) is 2.43. The van der Waals surface area contributed by atoms with Crippen molar-refractivity contribution in [2.75, 3.05) is 11.5 Å². The quantitative estimate of drug-likeness (QED) is 0.843. The maximum atomic E-state index is 11.8. The topological polar surface area (TPSA) is 72.9 Å². The Morgan fingerprint density at radius 2 is 2.50 bits per heavy atom. The molecule has 1 heterocycles. The molecule has 0 bridgehead atoms. The number of nitrogen functional groups attached to an aromatic ring is 1. The van der Waals surface area contributed by atoms with E-state index in [4.69, 9.17) is 5.73 Å². The fraction of sp³-hybridized carbons (Fsp3) is 0.667. The van der Waals surface area contributed by atoms with Crippen LogP contribution in [0, 0.1) is 0 Å². The van der Waals surface area contributed by atoms with Crippen LogP contribution in [0.15, 0.2) is 12.4 Å². The van der Waals surface area contributed by atoms with E-state index in [2.05, 4.69) is 17.3 Å². The lowest BCUT2D eigenvalue weighted by atomic mass is 10.2. The molecule has 2 unspecified atom stereocenters. The second kappa shape index (κ2) is 6.13. The zero-order chi connectivity index (χ0) is 13.0. The third-order valence-electron chi connectivity index (χ3n) is 3.11. The number of hydrogen-bond donors (Lipinski definition) is 2. The van der Waals surface area contributed by atoms with Gasteiger partial charge in [-0.05, 0) is 25.0 Å². The zero-order valence-corrected chi connectivity index (χ0v) is 11.4. The predicted molar refractivity (Wildman–Crippen MR) is 74.3 cm³/mol. The second-order valence-electron chi connectivity index (χ2n) is 4.63. The molecule has 0 radical (unpaired) electrons. The van der Waals surface area contributed by atoms with Crippen LogP contribution >= 0.6 is 11.8 Å². The molecule has 0 saturated heterocycles. The molecule has 1 aliphatic carbocycles. The third kappa shape index (κ3) is 3.66. The van der Waals surface area contributed by atoms with Gasteiger partial charge in [0.25, 0.3) is 0 Å². The largest absolute Gasteiger partial charge is 0.396 e. The van der Waals surface area contributed by atoms with Gasteiger partial charge in [0.1, 0.15) is 6.54 Å². The lowest BCUT2D eigenvalue weighted by Gasteiger charge is -2.13. The van der Waals surface area contributed by atoms with E-state index in [1.165, 1.54) is 6.42 Å². The lowest BCUT2D eigenvalue weighted by Crippen LogP contribution is -2.35. The Hall–Kier alpha value is -1.17. The van der Waals surface area contributed by atoms with Crippen LogP contribution < -0.4 is 11.1 Å². The van der Waals surface area contributed by atoms with Crippen molar-refractivity contribution >= 4 is 23.4 Å². The van der Waals surface area contributed by atoms with Crippen molar-refractivity contribution in [3.8, 4) is 0 Å². The number of thioether (sulfide) groups is 1. The molecular weight excluding hydrogens is 248 g/mol. The van der Waals surface area contributed by atoms with Gasteiger partial charge in [0.2, 0.25) is 5.91 Å². The molecule has 5 nitrogen and oxygen atoms in total. The summed E-state index contributed by atoms with van der Waals surface area (Å²) in [5.41, 5.74) is 6.14. The molecule has 2 atom stereocenters. The van der Waals surface area contributed by atoms with Gasteiger partial charge in [-0.15, -0.1) is 0 Å². The molecule has 18 heavy (non-hydrogen) atoms. The number of rotatable bonds is 5. The Bertz CT molecular complexity index is 407. The second-order valence-corrected chi connectivity index (χ2v) is 6.20. The first kappa shape index (κ1) is 13.3. The minimum atomic E-state index is 0.0187. The summed E-state index contributed by atoms with van der Waals surface area (Å²) in [4.78, 5) is 11.8. The maximum absolute atomic E-state index is 11.8. The molecule has 2 rings (SSSR count). The molecule has 1 aromatic heterocycles. The van der Waals surface area contributed by atoms with Gasteiger partial charge in [-0.25, -0.2) is 0 Å². The van der Waals surface area contributed by atoms with E-state index in [-0.39, 0.29) is 12.5 Å². The number of carbonyl (C=O) groups excluding carboxylic acids is 1. The van der Waals surface area contributed by atoms with Gasteiger partial charge in [0.05, 0.1) is 11.9 Å². The number of hydrogen-bond acceptors (Lipinski definition) is 4. The van der Waals surface area contributed by atoms with E-state index in [1.807, 2.05) is 11.8 Å². The van der Waals surface area contributed by atoms with Crippen LogP contribution in [-0.4, -0.2) is 32.7 Å². The first-order valence-electron chi connectivity index (χ1n) is 6.36. The Balaban J connectivity index is 1.75. The van der Waals surface area contributed by atoms with Gasteiger partial charge >= 0.3 is 0 Å². The Morgan fingerprint density at radius 3 is 3.17 bits per heavy atom. The van der Waals surface area contributed by atoms with Crippen LogP contribution in [0.5, 0.6) is 0 Å². The van der Waals surface area contributed by atoms with Crippen molar-refractivity contribution in [3.63, 3.8) is 0 Å². The van der Waals surface area contributed by atoms with Gasteiger partial charge in [-0.1, -0.05) is 6.92 Å². The summed E-state index contributed by atoms with van der Waals surface area (Å²) >= 11 is 1.99. The van der Waals surface area contributed by atoms with E-state index >= 15 is 0 Å². The fourth-order valence-corrected chi connectivity index (χ4v) is 3.49. The lowest BCUT2D eigenvalue weighted by molar-refractivity contribution is -0.122. The number of amides is 1. The van der Waals surface area contributed by atoms with Crippen LogP contribution in [0.1, 0.15) is 26.2 Å². The summed E-state index contributed by atoms with van der Waals surface area (Å²) in [6, 6.07) is 0.328. The van der Waals surface area contributed by atoms with E-state index in [1.54, 1.807) is 17.1 Å². The Morgan fingerprint density at radius 1 is 1.67 bits per heavy atom. The van der Waals surface area contributed by atoms with Crippen LogP contribution in [-0.2, 0) is 11.3 Å². The van der Waals surface area contributed by atoms with Crippen molar-refractivity contribution in [2.45, 2.75) is 44.0 Å². The number of nitrogens with one attached hydrogen (secondary N) is 1. The molecule has 1 aromatic rings. The summed E-state index contributed by atoms with van der Waals surface area (Å²) in [6.07, 6.45) is 6.61. The highest BCUT2D eigenvalue weighted by atomic mass is 32.2. The summed E-state index contributed by atoms with van der Waals surface area (Å²) in [5.74, 6) is 1.17. The average molecular weight is 268 g/mol. The van der Waals surface area contributed by atoms with Crippen molar-refractivity contribution in [1.82, 2.24) is 15.1 Å². The minimum Gasteiger partial charge on any atom is -0.396 e. The highest BCUT2D eigenvalue weighted by molar-refractivity contribution is 7.99. The zero-order valence-electron chi connectivity index (χ0n) is 10.6. The van der Waals surface area contributed by atoms with Crippen molar-refractivity contribution < 1.29 is 4.79 Å². The van der Waals surface area contributed by atoms with Crippen LogP contribution in [0.2, 0.25) is 0 Å². The van der Waals surface area contributed by atoms with Gasteiger partial charge in [0, 0.05) is 17.5 Å². The van der Waals surface area contributed by atoms with Crippen LogP contribution in [0.3, 0.4) is 0 Å². The van der Waals surface area contributed by atoms with Gasteiger partial charge in [-0.2, -0.15) is 16.9 Å². The SMILES string of the molecule is CCSC1CCC(NC(=O)Cn2cc(N)cn2)C1. The van der Waals surface area contributed by atoms with Gasteiger partial charge in [-0.3, -0.25) is 9.48 Å². The van der Waals surface area contributed by atoms with Crippen LogP contribution in [0.25, 0.3) is 0 Å². The maximum Gasteiger partial charge on any atom is 0.241 e. The molecule has 6 heteroatoms. The van der Waals surface area contributed by atoms with Gasteiger partial charge < -0.3 is 11.1 Å². The summed E-state index contributed by atoms with van der Waals surface area (Å²) in [5, 5.41) is 7.78. The minimum absolute atomic E-state index is 0.0187. The van der Waals surface area contributed by atoms with Crippen molar-refractivity contribution in [1.29, 1.82) is 0 Å². The first-order valence-corrected chi connectivity index (χ1v) is 7.41. The Kier molecular flexibility index (Phi) is 4.52. The smallest absolute Gasteiger partial charge is 0.241 e. The number of aromatic nitrogens is 2. The molecule has 3 N–H and O–H groups in total. The highest BCUT2D eigenvalue weighted by Gasteiger charge is 2.25. The van der Waals surface area contributed by atoms with Crippen molar-refractivity contribution in [3.05, 3.63) is 12.4 Å². The molecular formula is C12H20N4OS. The molecule has 100 valence electrons. The van der Waals surface area contributed by atoms with E-state index < -0.39 is 0 Å². The van der Waals surface area contributed by atoms with E-state index in [0.717, 1.165) is 18.6 Å². The molecule has 0 aromatic carbocycles. The standard InChI is InChI=1S/C12H20N4OS/c1-2-18-11-4-3-10(5-11)15-12(17)8-16-7-9(13)6-14-16/h6-7,10-11H,2-5,8,13H2,1H3,(H,15,17). The third-order valence-corrected chi connectivity index (χ3v) is 4.34. The number of nitrogens with zero attached hydrogens (tertiary/aromatic N) is 2. The highest BCUT2D eigenvalue weighted by Crippen LogP contribution is 2.29. The monoisotopic (exact) mass is 268 g/mol. The fourth-order valence-electron chi connectivity index (χ4n) is 2.34. The van der Waals surface area contributed by atoms with Gasteiger partial charge in [0.15, 0.2) is 0 Å². The van der Waals surface area contributed by atoms with E-state index in [0.29, 0.717) is 17.0 Å². The summed E-state index contributed by atoms with van der Waals surface area (Å²) in [7, 11) is 0. The molecule has 0 spiro atoms. The number of nitrogens with two attached hydrogens (primary N) is 1. The Labute approximate surface area is 111 Å². The average Bonchev–Trinajstić information content (AvgIpc) is 2.89. The number of carbonyl (C=O) groups is 1. The molecule has 1 fully saturated rings. The molecule has 1 aliphatic rings. The molecule has 1 saturated carbocycles. The molecule has 1 amide bonds. The van der Waals surface area contributed by atoms with E-state index in [9.17, 15) is 4.79 Å². The van der Waals surface area contributed by atoms with Crippen molar-refractivity contribution in [2.24, 2.45) is 0 Å². The first-order chi connectivity index (χ1) is 8.67.